The van der Waals surface area contributed by atoms with Crippen LogP contribution in [0.3, 0.4) is 0 Å². The lowest BCUT2D eigenvalue weighted by Gasteiger charge is -2.18. The van der Waals surface area contributed by atoms with Gasteiger partial charge in [0.2, 0.25) is 0 Å². The zero-order valence-electron chi connectivity index (χ0n) is 7.26. The Morgan fingerprint density at radius 1 is 1.33 bits per heavy atom. The molecule has 1 aliphatic heterocycles. The molecule has 0 fully saturated rings. The largest absolute Gasteiger partial charge is 0.372 e. The summed E-state index contributed by atoms with van der Waals surface area (Å²) in [5, 5.41) is 0. The minimum atomic E-state index is 0.677. The topological polar surface area (TPSA) is 9.23 Å². The normalized spacial score (nSPS) is 15.9. The highest BCUT2D eigenvalue weighted by Crippen LogP contribution is 2.24. The lowest BCUT2D eigenvalue weighted by atomic mass is 9.98. The molecule has 0 bridgehead atoms. The van der Waals surface area contributed by atoms with E-state index in [4.69, 9.17) is 4.74 Å². The van der Waals surface area contributed by atoms with Crippen LogP contribution in [-0.2, 0) is 11.3 Å². The van der Waals surface area contributed by atoms with Crippen LogP contribution >= 0.6 is 0 Å². The Balaban J connectivity index is 2.54. The van der Waals surface area contributed by atoms with Gasteiger partial charge in [-0.2, -0.15) is 0 Å². The Morgan fingerprint density at radius 3 is 3.00 bits per heavy atom. The number of benzene rings is 1. The second-order valence-electron chi connectivity index (χ2n) is 3.26. The summed E-state index contributed by atoms with van der Waals surface area (Å²) in [6, 6.07) is 6.41. The number of hydrogen-bond acceptors (Lipinski definition) is 1. The summed E-state index contributed by atoms with van der Waals surface area (Å²) in [7, 11) is 0. The number of hydrogen-bond donors (Lipinski definition) is 0. The predicted octanol–water partition coefficient (Wildman–Crippen LogP) is 2.54. The van der Waals surface area contributed by atoms with E-state index in [-0.39, 0.29) is 0 Å². The molecule has 0 amide bonds. The number of rotatable bonds is 0. The first-order valence-electron chi connectivity index (χ1n) is 4.13. The third-order valence-corrected chi connectivity index (χ3v) is 2.18. The van der Waals surface area contributed by atoms with Crippen molar-refractivity contribution in [3.8, 4) is 0 Å². The molecule has 1 aromatic rings. The van der Waals surface area contributed by atoms with Crippen LogP contribution in [0.2, 0.25) is 0 Å². The van der Waals surface area contributed by atoms with Crippen molar-refractivity contribution in [2.45, 2.75) is 13.5 Å². The molecule has 62 valence electrons. The molecule has 0 spiro atoms. The summed E-state index contributed by atoms with van der Waals surface area (Å²) >= 11 is 0. The summed E-state index contributed by atoms with van der Waals surface area (Å²) in [4.78, 5) is 0. The predicted molar refractivity (Wildman–Crippen MR) is 49.9 cm³/mol. The van der Waals surface area contributed by atoms with Gasteiger partial charge in [-0.05, 0) is 23.6 Å². The average Bonchev–Trinajstić information content (AvgIpc) is 2.07. The van der Waals surface area contributed by atoms with E-state index in [9.17, 15) is 0 Å². The van der Waals surface area contributed by atoms with Gasteiger partial charge in [-0.1, -0.05) is 30.3 Å². The zero-order valence-corrected chi connectivity index (χ0v) is 7.26. The molecule has 1 heteroatoms. The van der Waals surface area contributed by atoms with E-state index in [1.807, 2.05) is 0 Å². The monoisotopic (exact) mass is 160 g/mol. The molecule has 0 N–H and O–H groups in total. The van der Waals surface area contributed by atoms with Crippen molar-refractivity contribution >= 4 is 5.57 Å². The van der Waals surface area contributed by atoms with Crippen LogP contribution in [-0.4, -0.2) is 6.61 Å². The highest BCUT2D eigenvalue weighted by molar-refractivity contribution is 5.68. The maximum Gasteiger partial charge on any atom is 0.0727 e. The highest BCUT2D eigenvalue weighted by Gasteiger charge is 2.11. The van der Waals surface area contributed by atoms with E-state index in [1.54, 1.807) is 0 Å². The second-order valence-corrected chi connectivity index (χ2v) is 3.26. The summed E-state index contributed by atoms with van der Waals surface area (Å²) in [6.07, 6.45) is 0. The van der Waals surface area contributed by atoms with E-state index in [0.29, 0.717) is 6.61 Å². The van der Waals surface area contributed by atoms with Gasteiger partial charge >= 0.3 is 0 Å². The van der Waals surface area contributed by atoms with Crippen LogP contribution in [0.4, 0.5) is 0 Å². The van der Waals surface area contributed by atoms with Gasteiger partial charge in [0.15, 0.2) is 0 Å². The Labute approximate surface area is 72.7 Å². The van der Waals surface area contributed by atoms with Crippen molar-refractivity contribution in [3.63, 3.8) is 0 Å². The Kier molecular flexibility index (Phi) is 1.74. The molecule has 0 aromatic heterocycles. The first-order chi connectivity index (χ1) is 5.77. The molecule has 2 rings (SSSR count). The molecule has 12 heavy (non-hydrogen) atoms. The third kappa shape index (κ3) is 1.16. The standard InChI is InChI=1S/C11H12O/c1-8-3-4-10-7-12-6-9(2)11(10)5-8/h3-5H,2,6-7H2,1H3. The fourth-order valence-electron chi connectivity index (χ4n) is 1.51. The number of ether oxygens (including phenoxy) is 1. The van der Waals surface area contributed by atoms with Crippen molar-refractivity contribution < 1.29 is 4.74 Å². The zero-order chi connectivity index (χ0) is 8.55. The van der Waals surface area contributed by atoms with Gasteiger partial charge in [0.05, 0.1) is 13.2 Å². The van der Waals surface area contributed by atoms with Crippen LogP contribution in [0.15, 0.2) is 24.8 Å². The van der Waals surface area contributed by atoms with Crippen molar-refractivity contribution in [2.24, 2.45) is 0 Å². The molecule has 1 aliphatic rings. The molecule has 0 saturated carbocycles. The summed E-state index contributed by atoms with van der Waals surface area (Å²) in [5.74, 6) is 0. The van der Waals surface area contributed by atoms with Gasteiger partial charge in [-0.25, -0.2) is 0 Å². The fraction of sp³-hybridized carbons (Fsp3) is 0.273. The lowest BCUT2D eigenvalue weighted by molar-refractivity contribution is 0.146. The van der Waals surface area contributed by atoms with E-state index in [2.05, 4.69) is 31.7 Å². The maximum absolute atomic E-state index is 5.35. The minimum Gasteiger partial charge on any atom is -0.372 e. The Hall–Kier alpha value is -1.08. The van der Waals surface area contributed by atoms with Crippen LogP contribution in [0.5, 0.6) is 0 Å². The molecule has 0 unspecified atom stereocenters. The van der Waals surface area contributed by atoms with Crippen molar-refractivity contribution in [1.29, 1.82) is 0 Å². The number of fused-ring (bicyclic) bond motifs is 1. The summed E-state index contributed by atoms with van der Waals surface area (Å²) in [5.41, 5.74) is 4.93. The van der Waals surface area contributed by atoms with Crippen LogP contribution < -0.4 is 0 Å². The lowest BCUT2D eigenvalue weighted by Crippen LogP contribution is -2.08. The molecule has 0 atom stereocenters. The molecule has 1 heterocycles. The minimum absolute atomic E-state index is 0.677. The van der Waals surface area contributed by atoms with Crippen molar-refractivity contribution in [3.05, 3.63) is 41.5 Å². The molecule has 0 saturated heterocycles. The van der Waals surface area contributed by atoms with E-state index >= 15 is 0 Å². The van der Waals surface area contributed by atoms with Gasteiger partial charge in [-0.15, -0.1) is 0 Å². The third-order valence-electron chi connectivity index (χ3n) is 2.18. The smallest absolute Gasteiger partial charge is 0.0727 e. The van der Waals surface area contributed by atoms with Gasteiger partial charge in [0.1, 0.15) is 0 Å². The molecular weight excluding hydrogens is 148 g/mol. The molecule has 0 aliphatic carbocycles. The maximum atomic E-state index is 5.35. The number of aryl methyl sites for hydroxylation is 1. The van der Waals surface area contributed by atoms with Gasteiger partial charge in [0, 0.05) is 0 Å². The highest BCUT2D eigenvalue weighted by atomic mass is 16.5. The van der Waals surface area contributed by atoms with Crippen LogP contribution in [0.1, 0.15) is 16.7 Å². The SMILES string of the molecule is C=C1COCc2ccc(C)cc21. The quantitative estimate of drug-likeness (QED) is 0.566. The van der Waals surface area contributed by atoms with E-state index in [0.717, 1.165) is 12.2 Å². The first kappa shape index (κ1) is 7.56. The Morgan fingerprint density at radius 2 is 2.17 bits per heavy atom. The van der Waals surface area contributed by atoms with Gasteiger partial charge < -0.3 is 4.74 Å². The van der Waals surface area contributed by atoms with Crippen molar-refractivity contribution in [1.82, 2.24) is 0 Å². The van der Waals surface area contributed by atoms with Gasteiger partial charge in [-0.3, -0.25) is 0 Å². The van der Waals surface area contributed by atoms with Crippen LogP contribution in [0.25, 0.3) is 5.57 Å². The van der Waals surface area contributed by atoms with Crippen LogP contribution in [0, 0.1) is 6.92 Å². The average molecular weight is 160 g/mol. The molecular formula is C11H12O. The molecule has 1 aromatic carbocycles. The van der Waals surface area contributed by atoms with Gasteiger partial charge in [0.25, 0.3) is 0 Å². The fourth-order valence-corrected chi connectivity index (χ4v) is 1.51. The first-order valence-corrected chi connectivity index (χ1v) is 4.13. The van der Waals surface area contributed by atoms with E-state index in [1.165, 1.54) is 16.7 Å². The summed E-state index contributed by atoms with van der Waals surface area (Å²) in [6.45, 7) is 7.48. The van der Waals surface area contributed by atoms with Crippen molar-refractivity contribution in [2.75, 3.05) is 6.61 Å². The molecule has 1 nitrogen and oxygen atoms in total. The second kappa shape index (κ2) is 2.76. The summed E-state index contributed by atoms with van der Waals surface area (Å²) < 4.78 is 5.35. The Bertz CT molecular complexity index is 326. The van der Waals surface area contributed by atoms with E-state index < -0.39 is 0 Å². The molecule has 0 radical (unpaired) electrons.